The van der Waals surface area contributed by atoms with E-state index in [9.17, 15) is 0 Å². The van der Waals surface area contributed by atoms with Crippen LogP contribution in [0.3, 0.4) is 0 Å². The van der Waals surface area contributed by atoms with Crippen molar-refractivity contribution >= 4 is 23.2 Å². The molecule has 2 nitrogen and oxygen atoms in total. The Morgan fingerprint density at radius 1 is 1.22 bits per heavy atom. The molecule has 0 saturated heterocycles. The van der Waals surface area contributed by atoms with Crippen LogP contribution in [0.2, 0.25) is 10.0 Å². The van der Waals surface area contributed by atoms with Gasteiger partial charge < -0.3 is 10.2 Å². The Hall–Kier alpha value is -0.280. The third-order valence-corrected chi connectivity index (χ3v) is 3.70. The van der Waals surface area contributed by atoms with Crippen LogP contribution in [0.5, 0.6) is 0 Å². The lowest BCUT2D eigenvalue weighted by Gasteiger charge is -2.28. The van der Waals surface area contributed by atoms with E-state index in [2.05, 4.69) is 38.2 Å². The monoisotopic (exact) mass is 288 g/mol. The maximum atomic E-state index is 6.14. The molecule has 102 valence electrons. The predicted octanol–water partition coefficient (Wildman–Crippen LogP) is 3.67. The van der Waals surface area contributed by atoms with Gasteiger partial charge in [0.05, 0.1) is 0 Å². The normalized spacial score (nSPS) is 13.3. The smallest absolute Gasteiger partial charge is 0.0465 e. The molecule has 1 aromatic carbocycles. The van der Waals surface area contributed by atoms with E-state index in [1.54, 1.807) is 6.07 Å². The van der Waals surface area contributed by atoms with Crippen molar-refractivity contribution in [2.45, 2.75) is 26.4 Å². The lowest BCUT2D eigenvalue weighted by atomic mass is 10.0. The number of nitrogens with zero attached hydrogens (tertiary/aromatic N) is 1. The minimum atomic E-state index is 0.524. The van der Waals surface area contributed by atoms with Crippen LogP contribution < -0.4 is 5.32 Å². The topological polar surface area (TPSA) is 15.3 Å². The quantitative estimate of drug-likeness (QED) is 0.859. The van der Waals surface area contributed by atoms with Crippen LogP contribution >= 0.6 is 23.2 Å². The summed E-state index contributed by atoms with van der Waals surface area (Å²) in [6.07, 6.45) is 0. The summed E-state index contributed by atoms with van der Waals surface area (Å²) in [5.41, 5.74) is 1.09. The van der Waals surface area contributed by atoms with Gasteiger partial charge in [0.2, 0.25) is 0 Å². The summed E-state index contributed by atoms with van der Waals surface area (Å²) < 4.78 is 0. The summed E-state index contributed by atoms with van der Waals surface area (Å²) in [6.45, 7) is 6.19. The minimum absolute atomic E-state index is 0.524. The van der Waals surface area contributed by atoms with Gasteiger partial charge in [0, 0.05) is 29.2 Å². The van der Waals surface area contributed by atoms with Gasteiger partial charge in [-0.1, -0.05) is 43.1 Å². The average molecular weight is 289 g/mol. The maximum Gasteiger partial charge on any atom is 0.0465 e. The Balaban J connectivity index is 2.50. The Morgan fingerprint density at radius 3 is 2.39 bits per heavy atom. The van der Waals surface area contributed by atoms with E-state index in [4.69, 9.17) is 23.2 Å². The lowest BCUT2D eigenvalue weighted by Crippen LogP contribution is -2.41. The second-order valence-electron chi connectivity index (χ2n) is 5.14. The van der Waals surface area contributed by atoms with Crippen molar-refractivity contribution in [1.29, 1.82) is 0 Å². The van der Waals surface area contributed by atoms with Crippen molar-refractivity contribution < 1.29 is 0 Å². The highest BCUT2D eigenvalue weighted by Gasteiger charge is 2.15. The van der Waals surface area contributed by atoms with Crippen LogP contribution in [0.1, 0.15) is 19.4 Å². The van der Waals surface area contributed by atoms with Gasteiger partial charge >= 0.3 is 0 Å². The van der Waals surface area contributed by atoms with E-state index in [-0.39, 0.29) is 0 Å². The lowest BCUT2D eigenvalue weighted by molar-refractivity contribution is 0.224. The summed E-state index contributed by atoms with van der Waals surface area (Å²) in [7, 11) is 4.23. The Kier molecular flexibility index (Phi) is 6.44. The fraction of sp³-hybridized carbons (Fsp3) is 0.571. The molecule has 4 heteroatoms. The molecule has 1 unspecified atom stereocenters. The summed E-state index contributed by atoms with van der Waals surface area (Å²) >= 11 is 12.0. The third-order valence-electron chi connectivity index (χ3n) is 3.12. The molecule has 0 heterocycles. The van der Waals surface area contributed by atoms with E-state index < -0.39 is 0 Å². The number of nitrogens with one attached hydrogen (secondary N) is 1. The van der Waals surface area contributed by atoms with Gasteiger partial charge in [0.1, 0.15) is 0 Å². The zero-order chi connectivity index (χ0) is 13.7. The molecule has 1 aromatic rings. The fourth-order valence-corrected chi connectivity index (χ4v) is 2.51. The molecule has 18 heavy (non-hydrogen) atoms. The highest BCUT2D eigenvalue weighted by atomic mass is 35.5. The number of hydrogen-bond donors (Lipinski definition) is 1. The zero-order valence-electron chi connectivity index (χ0n) is 11.5. The summed E-state index contributed by atoms with van der Waals surface area (Å²) in [5, 5.41) is 4.86. The van der Waals surface area contributed by atoms with Crippen molar-refractivity contribution in [2.24, 2.45) is 5.92 Å². The largest absolute Gasteiger partial charge is 0.311 e. The highest BCUT2D eigenvalue weighted by molar-refractivity contribution is 6.35. The Bertz CT molecular complexity index is 370. The average Bonchev–Trinajstić information content (AvgIpc) is 2.25. The second-order valence-corrected chi connectivity index (χ2v) is 5.99. The van der Waals surface area contributed by atoms with Crippen LogP contribution in [0.15, 0.2) is 18.2 Å². The van der Waals surface area contributed by atoms with Crippen LogP contribution in [0, 0.1) is 5.92 Å². The highest BCUT2D eigenvalue weighted by Crippen LogP contribution is 2.20. The van der Waals surface area contributed by atoms with Crippen molar-refractivity contribution in [3.8, 4) is 0 Å². The van der Waals surface area contributed by atoms with Crippen molar-refractivity contribution in [3.63, 3.8) is 0 Å². The molecule has 0 saturated carbocycles. The molecule has 0 amide bonds. The van der Waals surface area contributed by atoms with Gasteiger partial charge in [-0.2, -0.15) is 0 Å². The van der Waals surface area contributed by atoms with E-state index >= 15 is 0 Å². The van der Waals surface area contributed by atoms with Gasteiger partial charge in [-0.25, -0.2) is 0 Å². The number of hydrogen-bond acceptors (Lipinski definition) is 2. The van der Waals surface area contributed by atoms with E-state index in [0.717, 1.165) is 23.7 Å². The number of benzene rings is 1. The Labute approximate surface area is 120 Å². The molecule has 0 bridgehead atoms. The molecule has 1 rings (SSSR count). The Morgan fingerprint density at radius 2 is 1.89 bits per heavy atom. The van der Waals surface area contributed by atoms with Crippen molar-refractivity contribution in [3.05, 3.63) is 33.8 Å². The molecule has 1 N–H and O–H groups in total. The summed E-state index contributed by atoms with van der Waals surface area (Å²) in [6, 6.07) is 6.15. The SMILES string of the molecule is CC(C)C(CNCc1ccc(Cl)cc1Cl)N(C)C. The maximum absolute atomic E-state index is 6.14. The van der Waals surface area contributed by atoms with Crippen LogP contribution in [0.4, 0.5) is 0 Å². The van der Waals surface area contributed by atoms with Gasteiger partial charge in [0.15, 0.2) is 0 Å². The van der Waals surface area contributed by atoms with Crippen LogP contribution in [-0.2, 0) is 6.54 Å². The van der Waals surface area contributed by atoms with E-state index in [1.807, 2.05) is 12.1 Å². The molecule has 0 radical (unpaired) electrons. The van der Waals surface area contributed by atoms with Gasteiger partial charge in [-0.05, 0) is 37.7 Å². The number of halogens is 2. The first-order valence-corrected chi connectivity index (χ1v) is 6.98. The molecule has 0 aromatic heterocycles. The van der Waals surface area contributed by atoms with Crippen LogP contribution in [0.25, 0.3) is 0 Å². The first-order valence-electron chi connectivity index (χ1n) is 6.23. The first kappa shape index (κ1) is 15.8. The van der Waals surface area contributed by atoms with Crippen molar-refractivity contribution in [1.82, 2.24) is 10.2 Å². The third kappa shape index (κ3) is 4.77. The summed E-state index contributed by atoms with van der Waals surface area (Å²) in [4.78, 5) is 2.25. The van der Waals surface area contributed by atoms with E-state index in [1.165, 1.54) is 0 Å². The standard InChI is InChI=1S/C14H22Cl2N2/c1-10(2)14(18(3)4)9-17-8-11-5-6-12(15)7-13(11)16/h5-7,10,14,17H,8-9H2,1-4H3. The minimum Gasteiger partial charge on any atom is -0.311 e. The molecule has 0 fully saturated rings. The summed E-state index contributed by atoms with van der Waals surface area (Å²) in [5.74, 6) is 0.619. The predicted molar refractivity (Wildman–Crippen MR) is 80.5 cm³/mol. The fourth-order valence-electron chi connectivity index (χ4n) is 2.03. The zero-order valence-corrected chi connectivity index (χ0v) is 13.0. The van der Waals surface area contributed by atoms with Gasteiger partial charge in [-0.3, -0.25) is 0 Å². The van der Waals surface area contributed by atoms with Gasteiger partial charge in [-0.15, -0.1) is 0 Å². The number of likely N-dealkylation sites (N-methyl/N-ethyl adjacent to an activating group) is 1. The molecule has 0 spiro atoms. The number of rotatable bonds is 6. The molecule has 0 aliphatic rings. The van der Waals surface area contributed by atoms with Gasteiger partial charge in [0.25, 0.3) is 0 Å². The molecular weight excluding hydrogens is 267 g/mol. The van der Waals surface area contributed by atoms with E-state index in [0.29, 0.717) is 17.0 Å². The van der Waals surface area contributed by atoms with Crippen LogP contribution in [-0.4, -0.2) is 31.6 Å². The molecule has 0 aliphatic heterocycles. The first-order chi connectivity index (χ1) is 8.41. The molecule has 0 aliphatic carbocycles. The van der Waals surface area contributed by atoms with Crippen molar-refractivity contribution in [2.75, 3.05) is 20.6 Å². The second kappa shape index (κ2) is 7.34. The molecule has 1 atom stereocenters. The molecular formula is C14H22Cl2N2.